The number of halogens is 2. The lowest BCUT2D eigenvalue weighted by molar-refractivity contribution is -0.113. The minimum absolute atomic E-state index is 0.0567. The van der Waals surface area contributed by atoms with Gasteiger partial charge in [-0.25, -0.2) is 4.98 Å². The summed E-state index contributed by atoms with van der Waals surface area (Å²) in [6, 6.07) is 11.2. The fourth-order valence-corrected chi connectivity index (χ4v) is 2.62. The number of nitrogens with zero attached hydrogens (tertiary/aromatic N) is 1. The van der Waals surface area contributed by atoms with Crippen LogP contribution in [-0.4, -0.2) is 16.6 Å². The van der Waals surface area contributed by atoms with E-state index >= 15 is 0 Å². The third-order valence-corrected chi connectivity index (χ3v) is 4.13. The van der Waals surface area contributed by atoms with E-state index in [0.717, 1.165) is 20.8 Å². The van der Waals surface area contributed by atoms with E-state index in [2.05, 4.69) is 26.2 Å². The third kappa shape index (κ3) is 5.15. The molecule has 0 fully saturated rings. The molecule has 0 aliphatic rings. The van der Waals surface area contributed by atoms with Gasteiger partial charge in [-0.3, -0.25) is 4.79 Å². The summed E-state index contributed by atoms with van der Waals surface area (Å²) >= 11 is 10.7. The van der Waals surface area contributed by atoms with Gasteiger partial charge in [-0.2, -0.15) is 0 Å². The predicted octanol–water partition coefficient (Wildman–Crippen LogP) is 4.37. The van der Waals surface area contributed by atoms with E-state index in [1.165, 1.54) is 0 Å². The maximum absolute atomic E-state index is 11.7. The minimum atomic E-state index is -0.0567. The lowest BCUT2D eigenvalue weighted by atomic mass is 10.2. The Labute approximate surface area is 135 Å². The van der Waals surface area contributed by atoms with E-state index in [1.807, 2.05) is 30.3 Å². The second kappa shape index (κ2) is 7.67. The smallest absolute Gasteiger partial charge is 0.235 e. The van der Waals surface area contributed by atoms with Crippen LogP contribution in [0.25, 0.3) is 0 Å². The molecule has 1 aromatic carbocycles. The number of carbonyl (C=O) groups excluding carboxylic acids is 1. The van der Waals surface area contributed by atoms with Gasteiger partial charge in [0, 0.05) is 21.4 Å². The fraction of sp³-hybridized carbons (Fsp3) is 0.143. The van der Waals surface area contributed by atoms with Crippen molar-refractivity contribution in [3.63, 3.8) is 0 Å². The second-order valence-electron chi connectivity index (χ2n) is 4.03. The summed E-state index contributed by atoms with van der Waals surface area (Å²) in [5.74, 6) is 1.67. The number of anilines is 1. The van der Waals surface area contributed by atoms with Crippen LogP contribution >= 0.6 is 39.3 Å². The highest BCUT2D eigenvalue weighted by atomic mass is 79.9. The van der Waals surface area contributed by atoms with Gasteiger partial charge in [0.15, 0.2) is 0 Å². The van der Waals surface area contributed by atoms with E-state index in [9.17, 15) is 4.79 Å². The number of rotatable bonds is 5. The number of carbonyl (C=O) groups is 1. The number of aromatic nitrogens is 1. The zero-order valence-electron chi connectivity index (χ0n) is 10.5. The molecule has 0 spiro atoms. The lowest BCUT2D eigenvalue weighted by Gasteiger charge is -2.04. The van der Waals surface area contributed by atoms with E-state index in [0.29, 0.717) is 11.6 Å². The van der Waals surface area contributed by atoms with Crippen molar-refractivity contribution in [2.24, 2.45) is 0 Å². The molecule has 3 nitrogen and oxygen atoms in total. The van der Waals surface area contributed by atoms with E-state index in [-0.39, 0.29) is 5.91 Å². The van der Waals surface area contributed by atoms with Gasteiger partial charge in [-0.15, -0.1) is 11.8 Å². The summed E-state index contributed by atoms with van der Waals surface area (Å²) in [5, 5.41) is 3.47. The molecule has 2 rings (SSSR count). The SMILES string of the molecule is O=C(CSCc1ccc(Cl)cc1)Nc1ccc(Br)cn1. The second-order valence-corrected chi connectivity index (χ2v) is 6.37. The van der Waals surface area contributed by atoms with Crippen molar-refractivity contribution in [1.29, 1.82) is 0 Å². The maximum atomic E-state index is 11.7. The Morgan fingerprint density at radius 2 is 2.00 bits per heavy atom. The molecule has 0 unspecified atom stereocenters. The first-order chi connectivity index (χ1) is 9.63. The molecule has 0 aliphatic carbocycles. The Morgan fingerprint density at radius 3 is 2.65 bits per heavy atom. The maximum Gasteiger partial charge on any atom is 0.235 e. The molecule has 1 aromatic heterocycles. The molecule has 0 saturated carbocycles. The van der Waals surface area contributed by atoms with Gasteiger partial charge in [0.05, 0.1) is 5.75 Å². The normalized spacial score (nSPS) is 10.3. The summed E-state index contributed by atoms with van der Waals surface area (Å²) in [7, 11) is 0. The molecule has 0 aliphatic heterocycles. The summed E-state index contributed by atoms with van der Waals surface area (Å²) in [6.45, 7) is 0. The number of thioether (sulfide) groups is 1. The summed E-state index contributed by atoms with van der Waals surface area (Å²) < 4.78 is 0.882. The predicted molar refractivity (Wildman–Crippen MR) is 88.2 cm³/mol. The van der Waals surface area contributed by atoms with Crippen molar-refractivity contribution >= 4 is 51.0 Å². The molecule has 0 radical (unpaired) electrons. The van der Waals surface area contributed by atoms with E-state index in [4.69, 9.17) is 11.6 Å². The molecule has 104 valence electrons. The first kappa shape index (κ1) is 15.4. The van der Waals surface area contributed by atoms with Crippen LogP contribution in [0.3, 0.4) is 0 Å². The third-order valence-electron chi connectivity index (χ3n) is 2.41. The average molecular weight is 372 g/mol. The summed E-state index contributed by atoms with van der Waals surface area (Å²) in [6.07, 6.45) is 1.65. The first-order valence-corrected chi connectivity index (χ1v) is 8.19. The highest BCUT2D eigenvalue weighted by Crippen LogP contribution is 2.16. The van der Waals surface area contributed by atoms with Crippen LogP contribution in [0.2, 0.25) is 5.02 Å². The standard InChI is InChI=1S/C14H12BrClN2OS/c15-11-3-6-13(17-7-11)18-14(19)9-20-8-10-1-4-12(16)5-2-10/h1-7H,8-9H2,(H,17,18,19). The van der Waals surface area contributed by atoms with Gasteiger partial charge in [0.25, 0.3) is 0 Å². The molecule has 2 aromatic rings. The van der Waals surface area contributed by atoms with E-state index < -0.39 is 0 Å². The van der Waals surface area contributed by atoms with Crippen LogP contribution in [0.5, 0.6) is 0 Å². The van der Waals surface area contributed by atoms with Gasteiger partial charge in [-0.05, 0) is 45.8 Å². The quantitative estimate of drug-likeness (QED) is 0.848. The zero-order valence-corrected chi connectivity index (χ0v) is 13.6. The zero-order chi connectivity index (χ0) is 14.4. The van der Waals surface area contributed by atoms with Gasteiger partial charge in [-0.1, -0.05) is 23.7 Å². The molecule has 20 heavy (non-hydrogen) atoms. The van der Waals surface area contributed by atoms with Crippen molar-refractivity contribution in [3.05, 3.63) is 57.7 Å². The van der Waals surface area contributed by atoms with Crippen molar-refractivity contribution in [1.82, 2.24) is 4.98 Å². The molecular weight excluding hydrogens is 360 g/mol. The van der Waals surface area contributed by atoms with Crippen LogP contribution in [-0.2, 0) is 10.5 Å². The van der Waals surface area contributed by atoms with Crippen molar-refractivity contribution in [3.8, 4) is 0 Å². The van der Waals surface area contributed by atoms with Crippen LogP contribution in [0.15, 0.2) is 47.1 Å². The number of nitrogens with one attached hydrogen (secondary N) is 1. The van der Waals surface area contributed by atoms with Crippen molar-refractivity contribution in [2.75, 3.05) is 11.1 Å². The van der Waals surface area contributed by atoms with E-state index in [1.54, 1.807) is 24.0 Å². The first-order valence-electron chi connectivity index (χ1n) is 5.87. The lowest BCUT2D eigenvalue weighted by Crippen LogP contribution is -2.15. The van der Waals surface area contributed by atoms with Crippen LogP contribution in [0.4, 0.5) is 5.82 Å². The van der Waals surface area contributed by atoms with Crippen LogP contribution in [0.1, 0.15) is 5.56 Å². The number of hydrogen-bond donors (Lipinski definition) is 1. The van der Waals surface area contributed by atoms with Crippen molar-refractivity contribution in [2.45, 2.75) is 5.75 Å². The highest BCUT2D eigenvalue weighted by molar-refractivity contribution is 9.10. The Kier molecular flexibility index (Phi) is 5.88. The number of hydrogen-bond acceptors (Lipinski definition) is 3. The molecule has 6 heteroatoms. The summed E-state index contributed by atoms with van der Waals surface area (Å²) in [5.41, 5.74) is 1.15. The molecule has 0 bridgehead atoms. The molecule has 0 saturated heterocycles. The number of pyridine rings is 1. The van der Waals surface area contributed by atoms with Gasteiger partial charge < -0.3 is 5.32 Å². The Hall–Kier alpha value is -1.04. The fourth-order valence-electron chi connectivity index (χ4n) is 1.47. The molecule has 1 amide bonds. The Balaban J connectivity index is 1.75. The summed E-state index contributed by atoms with van der Waals surface area (Å²) in [4.78, 5) is 15.8. The van der Waals surface area contributed by atoms with Gasteiger partial charge in [0.1, 0.15) is 5.82 Å². The van der Waals surface area contributed by atoms with Gasteiger partial charge >= 0.3 is 0 Å². The molecule has 1 N–H and O–H groups in total. The molecule has 1 heterocycles. The largest absolute Gasteiger partial charge is 0.310 e. The minimum Gasteiger partial charge on any atom is -0.310 e. The number of benzene rings is 1. The van der Waals surface area contributed by atoms with Crippen molar-refractivity contribution < 1.29 is 4.79 Å². The number of amides is 1. The highest BCUT2D eigenvalue weighted by Gasteiger charge is 2.04. The van der Waals surface area contributed by atoms with Crippen LogP contribution < -0.4 is 5.32 Å². The molecular formula is C14H12BrClN2OS. The Bertz CT molecular complexity index is 575. The monoisotopic (exact) mass is 370 g/mol. The average Bonchev–Trinajstić information content (AvgIpc) is 2.44. The molecule has 0 atom stereocenters. The van der Waals surface area contributed by atoms with Gasteiger partial charge in [0.2, 0.25) is 5.91 Å². The topological polar surface area (TPSA) is 42.0 Å². The van der Waals surface area contributed by atoms with Crippen LogP contribution in [0, 0.1) is 0 Å². The Morgan fingerprint density at radius 1 is 1.25 bits per heavy atom.